The van der Waals surface area contributed by atoms with E-state index in [0.29, 0.717) is 0 Å². The third kappa shape index (κ3) is 2.26. The first-order valence-corrected chi connectivity index (χ1v) is 2.86. The third-order valence-corrected chi connectivity index (χ3v) is 1.21. The van der Waals surface area contributed by atoms with Gasteiger partial charge in [-0.25, -0.2) is 0 Å². The molecule has 0 radical (unpaired) electrons. The van der Waals surface area contributed by atoms with E-state index in [2.05, 4.69) is 0 Å². The maximum absolute atomic E-state index is 8.88. The number of rotatable bonds is 3. The Balaban J connectivity index is 3.29. The number of nitrogens with two attached hydrogens (primary N) is 2. The van der Waals surface area contributed by atoms with Crippen molar-refractivity contribution in [2.24, 2.45) is 11.5 Å². The zero-order valence-corrected chi connectivity index (χ0v) is 5.17. The quantitative estimate of drug-likeness (QED) is 0.447. The first-order valence-electron chi connectivity index (χ1n) is 2.86. The lowest BCUT2D eigenvalue weighted by molar-refractivity contribution is 0.150. The number of hydrogen-bond acceptors (Lipinski definition) is 3. The second-order valence-corrected chi connectivity index (χ2v) is 1.88. The fourth-order valence-electron chi connectivity index (χ4n) is 0.447. The monoisotopic (exact) mass is 118 g/mol. The molecular formula is C5H14N2O. The van der Waals surface area contributed by atoms with E-state index in [1.165, 1.54) is 0 Å². The van der Waals surface area contributed by atoms with Crippen LogP contribution in [0.4, 0.5) is 0 Å². The highest BCUT2D eigenvalue weighted by Crippen LogP contribution is 1.91. The van der Waals surface area contributed by atoms with Crippen molar-refractivity contribution in [3.63, 3.8) is 0 Å². The average Bonchev–Trinajstić information content (AvgIpc) is 1.84. The largest absolute Gasteiger partial charge is 0.390 e. The molecule has 0 aliphatic heterocycles. The Morgan fingerprint density at radius 2 is 2.12 bits per heavy atom. The van der Waals surface area contributed by atoms with E-state index in [1.807, 2.05) is 6.92 Å². The molecule has 3 heteroatoms. The SMILES string of the molecule is CCC(N)C(O)CN. The van der Waals surface area contributed by atoms with Crippen LogP contribution in [0.15, 0.2) is 0 Å². The normalized spacial score (nSPS) is 18.0. The zero-order valence-electron chi connectivity index (χ0n) is 5.17. The van der Waals surface area contributed by atoms with Gasteiger partial charge in [0.1, 0.15) is 0 Å². The maximum Gasteiger partial charge on any atom is 0.0812 e. The lowest BCUT2D eigenvalue weighted by Crippen LogP contribution is -2.39. The van der Waals surface area contributed by atoms with Crippen molar-refractivity contribution < 1.29 is 5.11 Å². The van der Waals surface area contributed by atoms with Gasteiger partial charge in [0.15, 0.2) is 0 Å². The number of aliphatic hydroxyl groups excluding tert-OH is 1. The summed E-state index contributed by atoms with van der Waals surface area (Å²) in [5, 5.41) is 8.88. The van der Waals surface area contributed by atoms with Gasteiger partial charge in [-0.2, -0.15) is 0 Å². The van der Waals surface area contributed by atoms with E-state index in [-0.39, 0.29) is 12.6 Å². The van der Waals surface area contributed by atoms with Gasteiger partial charge in [0.05, 0.1) is 6.10 Å². The van der Waals surface area contributed by atoms with Crippen LogP contribution >= 0.6 is 0 Å². The summed E-state index contributed by atoms with van der Waals surface area (Å²) in [5.74, 6) is 0. The maximum atomic E-state index is 8.88. The van der Waals surface area contributed by atoms with Crippen molar-refractivity contribution in [2.75, 3.05) is 6.54 Å². The Hall–Kier alpha value is -0.120. The predicted octanol–water partition coefficient (Wildman–Crippen LogP) is -0.957. The Labute approximate surface area is 49.7 Å². The van der Waals surface area contributed by atoms with Crippen molar-refractivity contribution in [1.29, 1.82) is 0 Å². The molecular weight excluding hydrogens is 104 g/mol. The molecule has 0 heterocycles. The van der Waals surface area contributed by atoms with Gasteiger partial charge in [0.25, 0.3) is 0 Å². The Morgan fingerprint density at radius 3 is 2.25 bits per heavy atom. The standard InChI is InChI=1S/C5H14N2O/c1-2-4(7)5(8)3-6/h4-5,8H,2-3,6-7H2,1H3. The summed E-state index contributed by atoms with van der Waals surface area (Å²) in [5.41, 5.74) is 10.5. The molecule has 0 aliphatic carbocycles. The minimum atomic E-state index is -0.528. The van der Waals surface area contributed by atoms with Crippen molar-refractivity contribution in [3.8, 4) is 0 Å². The predicted molar refractivity (Wildman–Crippen MR) is 33.3 cm³/mol. The van der Waals surface area contributed by atoms with Crippen molar-refractivity contribution >= 4 is 0 Å². The van der Waals surface area contributed by atoms with Gasteiger partial charge >= 0.3 is 0 Å². The minimum absolute atomic E-state index is 0.153. The molecule has 0 spiro atoms. The highest BCUT2D eigenvalue weighted by Gasteiger charge is 2.08. The van der Waals surface area contributed by atoms with E-state index in [9.17, 15) is 0 Å². The summed E-state index contributed by atoms with van der Waals surface area (Å²) in [7, 11) is 0. The molecule has 0 amide bonds. The summed E-state index contributed by atoms with van der Waals surface area (Å²) >= 11 is 0. The fraction of sp³-hybridized carbons (Fsp3) is 1.00. The molecule has 0 saturated carbocycles. The highest BCUT2D eigenvalue weighted by molar-refractivity contribution is 4.69. The van der Waals surface area contributed by atoms with Crippen molar-refractivity contribution in [1.82, 2.24) is 0 Å². The summed E-state index contributed by atoms with van der Waals surface area (Å²) in [6.07, 6.45) is 0.248. The van der Waals surface area contributed by atoms with Crippen molar-refractivity contribution in [3.05, 3.63) is 0 Å². The Morgan fingerprint density at radius 1 is 1.62 bits per heavy atom. The molecule has 0 aromatic heterocycles. The van der Waals surface area contributed by atoms with Crippen LogP contribution in [-0.2, 0) is 0 Å². The molecule has 0 aromatic rings. The molecule has 0 saturated heterocycles. The summed E-state index contributed by atoms with van der Waals surface area (Å²) in [6.45, 7) is 2.18. The van der Waals surface area contributed by atoms with Crippen LogP contribution < -0.4 is 11.5 Å². The third-order valence-electron chi connectivity index (χ3n) is 1.21. The second kappa shape index (κ2) is 3.83. The number of hydrogen-bond donors (Lipinski definition) is 3. The molecule has 0 aliphatic rings. The van der Waals surface area contributed by atoms with Crippen LogP contribution in [0, 0.1) is 0 Å². The van der Waals surface area contributed by atoms with Crippen LogP contribution in [0.5, 0.6) is 0 Å². The molecule has 5 N–H and O–H groups in total. The fourth-order valence-corrected chi connectivity index (χ4v) is 0.447. The smallest absolute Gasteiger partial charge is 0.0812 e. The molecule has 2 unspecified atom stereocenters. The van der Waals surface area contributed by atoms with Crippen LogP contribution in [0.3, 0.4) is 0 Å². The van der Waals surface area contributed by atoms with E-state index < -0.39 is 6.10 Å². The van der Waals surface area contributed by atoms with Crippen LogP contribution in [-0.4, -0.2) is 23.8 Å². The van der Waals surface area contributed by atoms with E-state index in [4.69, 9.17) is 16.6 Å². The van der Waals surface area contributed by atoms with Gasteiger partial charge in [-0.3, -0.25) is 0 Å². The second-order valence-electron chi connectivity index (χ2n) is 1.88. The lowest BCUT2D eigenvalue weighted by Gasteiger charge is -2.13. The highest BCUT2D eigenvalue weighted by atomic mass is 16.3. The minimum Gasteiger partial charge on any atom is -0.390 e. The van der Waals surface area contributed by atoms with Gasteiger partial charge in [0, 0.05) is 12.6 Å². The van der Waals surface area contributed by atoms with Gasteiger partial charge in [-0.15, -0.1) is 0 Å². The van der Waals surface area contributed by atoms with Gasteiger partial charge < -0.3 is 16.6 Å². The van der Waals surface area contributed by atoms with Crippen LogP contribution in [0.1, 0.15) is 13.3 Å². The van der Waals surface area contributed by atoms with Crippen LogP contribution in [0.25, 0.3) is 0 Å². The number of aliphatic hydroxyl groups is 1. The molecule has 0 bridgehead atoms. The van der Waals surface area contributed by atoms with Crippen LogP contribution in [0.2, 0.25) is 0 Å². The van der Waals surface area contributed by atoms with E-state index >= 15 is 0 Å². The Kier molecular flexibility index (Phi) is 3.77. The molecule has 2 atom stereocenters. The molecule has 3 nitrogen and oxygen atoms in total. The average molecular weight is 118 g/mol. The molecule has 50 valence electrons. The summed E-state index contributed by atoms with van der Waals surface area (Å²) < 4.78 is 0. The van der Waals surface area contributed by atoms with Gasteiger partial charge in [-0.1, -0.05) is 6.92 Å². The molecule has 0 aromatic carbocycles. The molecule has 8 heavy (non-hydrogen) atoms. The molecule has 0 rings (SSSR count). The Bertz CT molecular complexity index is 50.4. The van der Waals surface area contributed by atoms with Crippen molar-refractivity contribution in [2.45, 2.75) is 25.5 Å². The van der Waals surface area contributed by atoms with E-state index in [1.54, 1.807) is 0 Å². The lowest BCUT2D eigenvalue weighted by atomic mass is 10.1. The molecule has 0 fully saturated rings. The van der Waals surface area contributed by atoms with E-state index in [0.717, 1.165) is 6.42 Å². The summed E-state index contributed by atoms with van der Waals surface area (Å²) in [4.78, 5) is 0. The summed E-state index contributed by atoms with van der Waals surface area (Å²) in [6, 6.07) is -0.153. The van der Waals surface area contributed by atoms with Gasteiger partial charge in [-0.05, 0) is 6.42 Å². The first kappa shape index (κ1) is 7.88. The zero-order chi connectivity index (χ0) is 6.57. The van der Waals surface area contributed by atoms with Gasteiger partial charge in [0.2, 0.25) is 0 Å². The topological polar surface area (TPSA) is 72.3 Å². The first-order chi connectivity index (χ1) is 3.72.